The summed E-state index contributed by atoms with van der Waals surface area (Å²) in [5, 5.41) is 23.7. The molecule has 1 saturated carbocycles. The van der Waals surface area contributed by atoms with Gasteiger partial charge in [-0.3, -0.25) is 4.79 Å². The molecule has 1 aliphatic carbocycles. The van der Waals surface area contributed by atoms with E-state index in [-0.39, 0.29) is 18.5 Å². The second-order valence-electron chi connectivity index (χ2n) is 5.06. The first-order valence-corrected chi connectivity index (χ1v) is 7.04. The molecular weight excluding hydrogens is 248 g/mol. The lowest BCUT2D eigenvalue weighted by atomic mass is 9.93. The Balaban J connectivity index is 2.02. The second kappa shape index (κ2) is 8.74. The standard InChI is InChI=1S/C13H24N2O4/c16-11-7-4-3-6-10(11)15-13(19)14-9-5-1-2-8-12(17)18/h10-11,16H,1-9H2,(H,17,18)(H2,14,15,19). The van der Waals surface area contributed by atoms with Gasteiger partial charge in [0.25, 0.3) is 0 Å². The summed E-state index contributed by atoms with van der Waals surface area (Å²) in [5.41, 5.74) is 0. The van der Waals surface area contributed by atoms with Crippen LogP contribution in [0.2, 0.25) is 0 Å². The molecule has 0 radical (unpaired) electrons. The van der Waals surface area contributed by atoms with Gasteiger partial charge in [-0.05, 0) is 25.7 Å². The van der Waals surface area contributed by atoms with Gasteiger partial charge in [0, 0.05) is 13.0 Å². The molecule has 4 N–H and O–H groups in total. The number of hydrogen-bond donors (Lipinski definition) is 4. The van der Waals surface area contributed by atoms with Crippen molar-refractivity contribution in [1.82, 2.24) is 10.6 Å². The van der Waals surface area contributed by atoms with Gasteiger partial charge in [0.1, 0.15) is 0 Å². The van der Waals surface area contributed by atoms with Crippen LogP contribution in [0.15, 0.2) is 0 Å². The molecule has 0 aliphatic heterocycles. The number of carbonyl (C=O) groups excluding carboxylic acids is 1. The van der Waals surface area contributed by atoms with Crippen LogP contribution in [0.1, 0.15) is 51.4 Å². The van der Waals surface area contributed by atoms with E-state index in [1.54, 1.807) is 0 Å². The summed E-state index contributed by atoms with van der Waals surface area (Å²) in [7, 11) is 0. The summed E-state index contributed by atoms with van der Waals surface area (Å²) in [6, 6.07) is -0.384. The van der Waals surface area contributed by atoms with Crippen LogP contribution in [-0.4, -0.2) is 40.9 Å². The third-order valence-electron chi connectivity index (χ3n) is 3.40. The fraction of sp³-hybridized carbons (Fsp3) is 0.846. The number of rotatable bonds is 7. The van der Waals surface area contributed by atoms with Crippen LogP contribution in [0.3, 0.4) is 0 Å². The van der Waals surface area contributed by atoms with Crippen LogP contribution in [0.4, 0.5) is 4.79 Å². The molecule has 1 rings (SSSR count). The van der Waals surface area contributed by atoms with Crippen LogP contribution >= 0.6 is 0 Å². The quantitative estimate of drug-likeness (QED) is 0.524. The molecule has 6 heteroatoms. The predicted molar refractivity (Wildman–Crippen MR) is 70.9 cm³/mol. The summed E-state index contributed by atoms with van der Waals surface area (Å²) in [6.07, 6.45) is 5.58. The number of aliphatic hydroxyl groups excluding tert-OH is 1. The fourth-order valence-corrected chi connectivity index (χ4v) is 2.28. The van der Waals surface area contributed by atoms with Crippen molar-refractivity contribution in [1.29, 1.82) is 0 Å². The minimum absolute atomic E-state index is 0.138. The van der Waals surface area contributed by atoms with Gasteiger partial charge in [-0.1, -0.05) is 19.3 Å². The van der Waals surface area contributed by atoms with E-state index in [1.165, 1.54) is 0 Å². The SMILES string of the molecule is O=C(O)CCCCCNC(=O)NC1CCCCC1O. The summed E-state index contributed by atoms with van der Waals surface area (Å²) in [6.45, 7) is 0.536. The molecule has 0 aromatic carbocycles. The molecule has 0 saturated heterocycles. The largest absolute Gasteiger partial charge is 0.481 e. The zero-order chi connectivity index (χ0) is 14.1. The third-order valence-corrected chi connectivity index (χ3v) is 3.40. The molecule has 110 valence electrons. The highest BCUT2D eigenvalue weighted by Gasteiger charge is 2.24. The van der Waals surface area contributed by atoms with E-state index >= 15 is 0 Å². The second-order valence-corrected chi connectivity index (χ2v) is 5.06. The molecule has 1 fully saturated rings. The van der Waals surface area contributed by atoms with E-state index in [0.29, 0.717) is 13.0 Å². The van der Waals surface area contributed by atoms with E-state index in [1.807, 2.05) is 0 Å². The van der Waals surface area contributed by atoms with Crippen LogP contribution in [0.5, 0.6) is 0 Å². The van der Waals surface area contributed by atoms with Gasteiger partial charge in [-0.2, -0.15) is 0 Å². The highest BCUT2D eigenvalue weighted by atomic mass is 16.4. The molecule has 0 aromatic rings. The van der Waals surface area contributed by atoms with Gasteiger partial charge >= 0.3 is 12.0 Å². The monoisotopic (exact) mass is 272 g/mol. The highest BCUT2D eigenvalue weighted by Crippen LogP contribution is 2.18. The first kappa shape index (κ1) is 15.8. The average molecular weight is 272 g/mol. The number of hydrogen-bond acceptors (Lipinski definition) is 3. The first-order chi connectivity index (χ1) is 9.09. The minimum atomic E-state index is -0.781. The van der Waals surface area contributed by atoms with Crippen molar-refractivity contribution in [2.45, 2.75) is 63.5 Å². The number of carboxylic acid groups (broad SMARTS) is 1. The number of nitrogens with one attached hydrogen (secondary N) is 2. The molecule has 0 aromatic heterocycles. The van der Waals surface area contributed by atoms with Gasteiger partial charge in [0.2, 0.25) is 0 Å². The Kier molecular flexibility index (Phi) is 7.25. The number of carbonyl (C=O) groups is 2. The maximum Gasteiger partial charge on any atom is 0.315 e. The maximum atomic E-state index is 11.6. The van der Waals surface area contributed by atoms with E-state index in [4.69, 9.17) is 5.11 Å². The van der Waals surface area contributed by atoms with Gasteiger partial charge < -0.3 is 20.8 Å². The Bertz CT molecular complexity index is 296. The zero-order valence-electron chi connectivity index (χ0n) is 11.2. The lowest BCUT2D eigenvalue weighted by Gasteiger charge is -2.28. The van der Waals surface area contributed by atoms with E-state index in [2.05, 4.69) is 10.6 Å². The van der Waals surface area contributed by atoms with Gasteiger partial charge in [0.05, 0.1) is 12.1 Å². The molecule has 2 unspecified atom stereocenters. The van der Waals surface area contributed by atoms with Gasteiger partial charge in [-0.25, -0.2) is 4.79 Å². The van der Waals surface area contributed by atoms with E-state index in [0.717, 1.165) is 38.5 Å². The number of amides is 2. The molecule has 0 spiro atoms. The average Bonchev–Trinajstić information content (AvgIpc) is 2.36. The molecule has 6 nitrogen and oxygen atoms in total. The number of aliphatic hydroxyl groups is 1. The minimum Gasteiger partial charge on any atom is -0.481 e. The van der Waals surface area contributed by atoms with Crippen molar-refractivity contribution in [3.63, 3.8) is 0 Å². The number of urea groups is 1. The molecule has 1 aliphatic rings. The maximum absolute atomic E-state index is 11.6. The summed E-state index contributed by atoms with van der Waals surface area (Å²) < 4.78 is 0. The Morgan fingerprint density at radius 3 is 2.53 bits per heavy atom. The first-order valence-electron chi connectivity index (χ1n) is 7.04. The smallest absolute Gasteiger partial charge is 0.315 e. The third kappa shape index (κ3) is 7.00. The molecule has 19 heavy (non-hydrogen) atoms. The van der Waals surface area contributed by atoms with E-state index < -0.39 is 12.1 Å². The summed E-state index contributed by atoms with van der Waals surface area (Å²) in [5.74, 6) is -0.781. The van der Waals surface area contributed by atoms with Crippen molar-refractivity contribution in [2.24, 2.45) is 0 Å². The van der Waals surface area contributed by atoms with Crippen LogP contribution < -0.4 is 10.6 Å². The number of unbranched alkanes of at least 4 members (excludes halogenated alkanes) is 2. The normalized spacial score (nSPS) is 22.8. The van der Waals surface area contributed by atoms with Crippen molar-refractivity contribution in [2.75, 3.05) is 6.54 Å². The molecule has 2 amide bonds. The fourth-order valence-electron chi connectivity index (χ4n) is 2.28. The number of carboxylic acids is 1. The summed E-state index contributed by atoms with van der Waals surface area (Å²) in [4.78, 5) is 21.9. The van der Waals surface area contributed by atoms with Crippen molar-refractivity contribution in [3.05, 3.63) is 0 Å². The molecule has 2 atom stereocenters. The summed E-state index contributed by atoms with van der Waals surface area (Å²) >= 11 is 0. The zero-order valence-corrected chi connectivity index (χ0v) is 11.2. The molecular formula is C13H24N2O4. The predicted octanol–water partition coefficient (Wildman–Crippen LogP) is 1.23. The lowest BCUT2D eigenvalue weighted by Crippen LogP contribution is -2.49. The van der Waals surface area contributed by atoms with Crippen molar-refractivity contribution >= 4 is 12.0 Å². The number of aliphatic carboxylic acids is 1. The van der Waals surface area contributed by atoms with Crippen molar-refractivity contribution < 1.29 is 19.8 Å². The Labute approximate surface area is 113 Å². The van der Waals surface area contributed by atoms with Crippen LogP contribution in [0.25, 0.3) is 0 Å². The van der Waals surface area contributed by atoms with Gasteiger partial charge in [0.15, 0.2) is 0 Å². The lowest BCUT2D eigenvalue weighted by molar-refractivity contribution is -0.137. The van der Waals surface area contributed by atoms with Crippen LogP contribution in [0, 0.1) is 0 Å². The van der Waals surface area contributed by atoms with Gasteiger partial charge in [-0.15, -0.1) is 0 Å². The molecule has 0 heterocycles. The Morgan fingerprint density at radius 1 is 1.11 bits per heavy atom. The Hall–Kier alpha value is -1.30. The van der Waals surface area contributed by atoms with Crippen molar-refractivity contribution in [3.8, 4) is 0 Å². The van der Waals surface area contributed by atoms with Crippen LogP contribution in [-0.2, 0) is 4.79 Å². The topological polar surface area (TPSA) is 98.7 Å². The van der Waals surface area contributed by atoms with E-state index in [9.17, 15) is 14.7 Å². The highest BCUT2D eigenvalue weighted by molar-refractivity contribution is 5.74. The Morgan fingerprint density at radius 2 is 1.84 bits per heavy atom. The molecule has 0 bridgehead atoms.